The number of carbonyl (C=O) groups excluding carboxylic acids is 2. The lowest BCUT2D eigenvalue weighted by Gasteiger charge is -2.36. The first-order valence-corrected chi connectivity index (χ1v) is 19.8. The third-order valence-corrected chi connectivity index (χ3v) is 9.83. The second-order valence-corrected chi connectivity index (χ2v) is 14.3. The van der Waals surface area contributed by atoms with Gasteiger partial charge in [-0.1, -0.05) is 122 Å². The standard InChI is InChI=1S/C41H75NO4/c1-5-7-8-9-10-11-12-13-14-15-16-20-23-26-29-32-39(43)45-37-30-27-24-21-18-17-19-22-25-28-31-38(6-2)46-40(44)41(3)33-35-42(4)36-34-41/h10-11,13-14,38H,5-9,12,15-37H2,1-4H3/b11-10-,14-13-. The zero-order valence-corrected chi connectivity index (χ0v) is 31.0. The number of rotatable bonds is 30. The Balaban J connectivity index is 1.83. The third kappa shape index (κ3) is 23.7. The second-order valence-electron chi connectivity index (χ2n) is 14.3. The molecule has 1 saturated heterocycles. The van der Waals surface area contributed by atoms with E-state index < -0.39 is 0 Å². The van der Waals surface area contributed by atoms with Gasteiger partial charge < -0.3 is 14.4 Å². The van der Waals surface area contributed by atoms with Gasteiger partial charge in [0.15, 0.2) is 0 Å². The summed E-state index contributed by atoms with van der Waals surface area (Å²) >= 11 is 0. The zero-order chi connectivity index (χ0) is 33.6. The van der Waals surface area contributed by atoms with Crippen LogP contribution in [0.2, 0.25) is 0 Å². The molecule has 1 atom stereocenters. The van der Waals surface area contributed by atoms with E-state index in [0.29, 0.717) is 13.0 Å². The Morgan fingerprint density at radius 2 is 1.22 bits per heavy atom. The predicted molar refractivity (Wildman–Crippen MR) is 196 cm³/mol. The quantitative estimate of drug-likeness (QED) is 0.0442. The molecule has 1 fully saturated rings. The average Bonchev–Trinajstić information content (AvgIpc) is 3.05. The number of carbonyl (C=O) groups is 2. The molecular weight excluding hydrogens is 570 g/mol. The summed E-state index contributed by atoms with van der Waals surface area (Å²) in [5.74, 6) is 0.0126. The molecule has 0 aliphatic carbocycles. The fraction of sp³-hybridized carbons (Fsp3) is 0.854. The van der Waals surface area contributed by atoms with Crippen molar-refractivity contribution in [3.8, 4) is 0 Å². The van der Waals surface area contributed by atoms with Gasteiger partial charge in [-0.2, -0.15) is 0 Å². The van der Waals surface area contributed by atoms with Crippen LogP contribution in [0.15, 0.2) is 24.3 Å². The molecule has 1 unspecified atom stereocenters. The normalized spacial score (nSPS) is 15.9. The van der Waals surface area contributed by atoms with E-state index in [1.807, 2.05) is 0 Å². The van der Waals surface area contributed by atoms with Crippen LogP contribution < -0.4 is 0 Å². The number of hydrogen-bond donors (Lipinski definition) is 0. The number of allylic oxidation sites excluding steroid dienone is 4. The van der Waals surface area contributed by atoms with Gasteiger partial charge in [-0.15, -0.1) is 0 Å². The van der Waals surface area contributed by atoms with Crippen molar-refractivity contribution < 1.29 is 19.1 Å². The lowest BCUT2D eigenvalue weighted by atomic mass is 9.80. The van der Waals surface area contributed by atoms with Crippen molar-refractivity contribution >= 4 is 11.9 Å². The number of esters is 2. The largest absolute Gasteiger partial charge is 0.466 e. The van der Waals surface area contributed by atoms with Crippen LogP contribution in [0.1, 0.15) is 188 Å². The first-order valence-electron chi connectivity index (χ1n) is 19.8. The minimum Gasteiger partial charge on any atom is -0.466 e. The van der Waals surface area contributed by atoms with Crippen LogP contribution in [0, 0.1) is 5.41 Å². The highest BCUT2D eigenvalue weighted by molar-refractivity contribution is 5.76. The van der Waals surface area contributed by atoms with Gasteiger partial charge >= 0.3 is 11.9 Å². The molecule has 0 aromatic heterocycles. The predicted octanol–water partition coefficient (Wildman–Crippen LogP) is 11.7. The van der Waals surface area contributed by atoms with E-state index in [1.165, 1.54) is 96.3 Å². The van der Waals surface area contributed by atoms with E-state index in [4.69, 9.17) is 9.47 Å². The van der Waals surface area contributed by atoms with E-state index in [0.717, 1.165) is 77.3 Å². The van der Waals surface area contributed by atoms with E-state index in [9.17, 15) is 9.59 Å². The number of ether oxygens (including phenoxy) is 2. The SMILES string of the molecule is CCCCC/C=C\C/C=C\CCCCCCCC(=O)OCCCCCCCCCCCCC(CC)OC(=O)C1(C)CCN(C)CC1. The molecule has 0 saturated carbocycles. The van der Waals surface area contributed by atoms with Crippen LogP contribution in [-0.4, -0.2) is 49.7 Å². The summed E-state index contributed by atoms with van der Waals surface area (Å²) in [7, 11) is 2.13. The van der Waals surface area contributed by atoms with Gasteiger partial charge in [0.1, 0.15) is 6.10 Å². The molecule has 1 aliphatic heterocycles. The summed E-state index contributed by atoms with van der Waals surface area (Å²) in [6, 6.07) is 0. The zero-order valence-electron chi connectivity index (χ0n) is 31.0. The molecule has 268 valence electrons. The number of unbranched alkanes of at least 4 members (excludes halogenated alkanes) is 17. The minimum absolute atomic E-state index is 0.0133. The van der Waals surface area contributed by atoms with Crippen LogP contribution >= 0.6 is 0 Å². The summed E-state index contributed by atoms with van der Waals surface area (Å²) in [4.78, 5) is 27.1. The van der Waals surface area contributed by atoms with E-state index in [-0.39, 0.29) is 23.5 Å². The molecule has 0 amide bonds. The van der Waals surface area contributed by atoms with E-state index in [1.54, 1.807) is 0 Å². The fourth-order valence-corrected chi connectivity index (χ4v) is 6.18. The Hall–Kier alpha value is -1.62. The van der Waals surface area contributed by atoms with Gasteiger partial charge in [0.05, 0.1) is 12.0 Å². The Bertz CT molecular complexity index is 783. The van der Waals surface area contributed by atoms with Crippen LogP contribution in [0.25, 0.3) is 0 Å². The molecule has 0 N–H and O–H groups in total. The van der Waals surface area contributed by atoms with Gasteiger partial charge in [-0.3, -0.25) is 9.59 Å². The molecule has 46 heavy (non-hydrogen) atoms. The van der Waals surface area contributed by atoms with Crippen molar-refractivity contribution in [1.29, 1.82) is 0 Å². The average molecular weight is 646 g/mol. The van der Waals surface area contributed by atoms with Crippen molar-refractivity contribution in [2.24, 2.45) is 5.41 Å². The molecule has 5 nitrogen and oxygen atoms in total. The molecule has 0 radical (unpaired) electrons. The molecule has 1 heterocycles. The number of nitrogens with zero attached hydrogens (tertiary/aromatic N) is 1. The number of likely N-dealkylation sites (tertiary alicyclic amines) is 1. The van der Waals surface area contributed by atoms with Gasteiger partial charge in [0.25, 0.3) is 0 Å². The highest BCUT2D eigenvalue weighted by Crippen LogP contribution is 2.32. The Morgan fingerprint density at radius 3 is 1.80 bits per heavy atom. The van der Waals surface area contributed by atoms with Crippen LogP contribution in [-0.2, 0) is 19.1 Å². The van der Waals surface area contributed by atoms with Gasteiger partial charge in [-0.05, 0) is 104 Å². The van der Waals surface area contributed by atoms with Crippen LogP contribution in [0.3, 0.4) is 0 Å². The van der Waals surface area contributed by atoms with Gasteiger partial charge in [0, 0.05) is 6.42 Å². The maximum atomic E-state index is 12.8. The lowest BCUT2D eigenvalue weighted by molar-refractivity contribution is -0.164. The second kappa shape index (κ2) is 29.5. The molecule has 1 rings (SSSR count). The topological polar surface area (TPSA) is 55.8 Å². The highest BCUT2D eigenvalue weighted by Gasteiger charge is 2.38. The summed E-state index contributed by atoms with van der Waals surface area (Å²) < 4.78 is 11.4. The summed E-state index contributed by atoms with van der Waals surface area (Å²) in [6.07, 6.45) is 39.1. The minimum atomic E-state index is -0.299. The van der Waals surface area contributed by atoms with Crippen molar-refractivity contribution in [3.63, 3.8) is 0 Å². The van der Waals surface area contributed by atoms with Gasteiger partial charge in [-0.25, -0.2) is 0 Å². The third-order valence-electron chi connectivity index (χ3n) is 9.83. The van der Waals surface area contributed by atoms with Gasteiger partial charge in [0.2, 0.25) is 0 Å². The maximum Gasteiger partial charge on any atom is 0.312 e. The molecule has 0 aromatic carbocycles. The molecule has 5 heteroatoms. The Labute approximate surface area is 285 Å². The smallest absolute Gasteiger partial charge is 0.312 e. The first-order chi connectivity index (χ1) is 22.4. The number of hydrogen-bond acceptors (Lipinski definition) is 5. The Morgan fingerprint density at radius 1 is 0.696 bits per heavy atom. The van der Waals surface area contributed by atoms with Crippen molar-refractivity contribution in [2.45, 2.75) is 194 Å². The van der Waals surface area contributed by atoms with Crippen molar-refractivity contribution in [3.05, 3.63) is 24.3 Å². The van der Waals surface area contributed by atoms with E-state index in [2.05, 4.69) is 57.0 Å². The van der Waals surface area contributed by atoms with Crippen LogP contribution in [0.5, 0.6) is 0 Å². The highest BCUT2D eigenvalue weighted by atomic mass is 16.5. The summed E-state index contributed by atoms with van der Waals surface area (Å²) in [5, 5.41) is 0. The lowest BCUT2D eigenvalue weighted by Crippen LogP contribution is -2.42. The Kier molecular flexibility index (Phi) is 27.2. The van der Waals surface area contributed by atoms with Crippen LogP contribution in [0.4, 0.5) is 0 Å². The molecular formula is C41H75NO4. The molecule has 0 spiro atoms. The molecule has 0 aromatic rings. The summed E-state index contributed by atoms with van der Waals surface area (Å²) in [6.45, 7) is 9.02. The summed E-state index contributed by atoms with van der Waals surface area (Å²) in [5.41, 5.74) is -0.299. The maximum absolute atomic E-state index is 12.8. The molecule has 1 aliphatic rings. The monoisotopic (exact) mass is 646 g/mol. The van der Waals surface area contributed by atoms with Crippen molar-refractivity contribution in [1.82, 2.24) is 4.90 Å². The fourth-order valence-electron chi connectivity index (χ4n) is 6.18. The van der Waals surface area contributed by atoms with E-state index >= 15 is 0 Å². The van der Waals surface area contributed by atoms with Crippen molar-refractivity contribution in [2.75, 3.05) is 26.7 Å². The molecule has 0 bridgehead atoms. The first kappa shape index (κ1) is 42.4. The number of piperidine rings is 1.